The molecule has 0 aliphatic rings. The standard InChI is InChI=1S/C21H28FN3O3.HI/c1-6-23-21(25-14(3)16-8-7-13(2)17(22)11-16)24-12-15-9-18(27-4)20(26)19(10-15)28-5;/h7-11,14,26H,6,12H2,1-5H3,(H2,23,24,25);1H. The lowest BCUT2D eigenvalue weighted by Crippen LogP contribution is -2.38. The maximum absolute atomic E-state index is 13.9. The molecule has 2 aromatic rings. The van der Waals surface area contributed by atoms with Crippen molar-refractivity contribution < 1.29 is 19.0 Å². The van der Waals surface area contributed by atoms with E-state index in [2.05, 4.69) is 15.6 Å². The summed E-state index contributed by atoms with van der Waals surface area (Å²) in [6.07, 6.45) is 0. The summed E-state index contributed by atoms with van der Waals surface area (Å²) in [5.74, 6) is 0.980. The molecule has 2 rings (SSSR count). The Morgan fingerprint density at radius 1 is 1.17 bits per heavy atom. The Balaban J connectivity index is 0.00000420. The van der Waals surface area contributed by atoms with Crippen LogP contribution in [0.25, 0.3) is 0 Å². The monoisotopic (exact) mass is 517 g/mol. The molecular formula is C21H29FIN3O3. The molecule has 0 heterocycles. The number of ether oxygens (including phenoxy) is 2. The average Bonchev–Trinajstić information content (AvgIpc) is 2.69. The van der Waals surface area contributed by atoms with Gasteiger partial charge in [0.15, 0.2) is 17.5 Å². The Morgan fingerprint density at radius 2 is 1.79 bits per heavy atom. The molecule has 0 spiro atoms. The minimum absolute atomic E-state index is 0. The van der Waals surface area contributed by atoms with E-state index in [-0.39, 0.29) is 41.6 Å². The summed E-state index contributed by atoms with van der Waals surface area (Å²) in [4.78, 5) is 4.58. The first-order chi connectivity index (χ1) is 13.4. The van der Waals surface area contributed by atoms with Crippen molar-refractivity contribution in [1.82, 2.24) is 10.6 Å². The predicted octanol–water partition coefficient (Wildman–Crippen LogP) is 4.29. The number of guanidine groups is 1. The second-order valence-corrected chi connectivity index (χ2v) is 6.42. The van der Waals surface area contributed by atoms with Crippen LogP contribution in [0.3, 0.4) is 0 Å². The van der Waals surface area contributed by atoms with Crippen LogP contribution in [0.1, 0.15) is 36.6 Å². The van der Waals surface area contributed by atoms with Gasteiger partial charge in [0.25, 0.3) is 0 Å². The maximum Gasteiger partial charge on any atom is 0.200 e. The fourth-order valence-corrected chi connectivity index (χ4v) is 2.70. The molecule has 1 unspecified atom stereocenters. The zero-order chi connectivity index (χ0) is 20.7. The number of aliphatic imine (C=N–C) groups is 1. The van der Waals surface area contributed by atoms with Gasteiger partial charge in [-0.05, 0) is 55.7 Å². The molecule has 0 radical (unpaired) electrons. The van der Waals surface area contributed by atoms with Crippen LogP contribution in [0.4, 0.5) is 4.39 Å². The molecule has 29 heavy (non-hydrogen) atoms. The van der Waals surface area contributed by atoms with E-state index in [4.69, 9.17) is 9.47 Å². The molecule has 0 fully saturated rings. The number of nitrogens with one attached hydrogen (secondary N) is 2. The number of nitrogens with zero attached hydrogens (tertiary/aromatic N) is 1. The van der Waals surface area contributed by atoms with Crippen molar-refractivity contribution in [1.29, 1.82) is 0 Å². The molecule has 2 aromatic carbocycles. The van der Waals surface area contributed by atoms with Gasteiger partial charge in [0.1, 0.15) is 5.82 Å². The van der Waals surface area contributed by atoms with Gasteiger partial charge < -0.3 is 25.2 Å². The summed E-state index contributed by atoms with van der Waals surface area (Å²) in [5.41, 5.74) is 2.27. The first kappa shape index (κ1) is 24.8. The van der Waals surface area contributed by atoms with Gasteiger partial charge >= 0.3 is 0 Å². The summed E-state index contributed by atoms with van der Waals surface area (Å²) in [7, 11) is 2.96. The Labute approximate surface area is 188 Å². The lowest BCUT2D eigenvalue weighted by Gasteiger charge is -2.19. The fraction of sp³-hybridized carbons (Fsp3) is 0.381. The maximum atomic E-state index is 13.9. The fourth-order valence-electron chi connectivity index (χ4n) is 2.70. The highest BCUT2D eigenvalue weighted by molar-refractivity contribution is 14.0. The molecule has 0 amide bonds. The molecule has 6 nitrogen and oxygen atoms in total. The predicted molar refractivity (Wildman–Crippen MR) is 124 cm³/mol. The number of hydrogen-bond acceptors (Lipinski definition) is 4. The van der Waals surface area contributed by atoms with Crippen molar-refractivity contribution >= 4 is 29.9 Å². The van der Waals surface area contributed by atoms with E-state index in [9.17, 15) is 9.50 Å². The number of hydrogen-bond donors (Lipinski definition) is 3. The Hall–Kier alpha value is -2.23. The van der Waals surface area contributed by atoms with E-state index in [0.717, 1.165) is 11.1 Å². The quantitative estimate of drug-likeness (QED) is 0.290. The number of methoxy groups -OCH3 is 2. The average molecular weight is 517 g/mol. The molecule has 160 valence electrons. The molecule has 0 saturated heterocycles. The van der Waals surface area contributed by atoms with Crippen molar-refractivity contribution in [3.05, 3.63) is 52.8 Å². The third kappa shape index (κ3) is 6.66. The van der Waals surface area contributed by atoms with Crippen LogP contribution in [-0.2, 0) is 6.54 Å². The van der Waals surface area contributed by atoms with E-state index in [1.807, 2.05) is 19.9 Å². The summed E-state index contributed by atoms with van der Waals surface area (Å²) in [6, 6.07) is 8.49. The van der Waals surface area contributed by atoms with Gasteiger partial charge in [-0.2, -0.15) is 0 Å². The zero-order valence-electron chi connectivity index (χ0n) is 17.4. The zero-order valence-corrected chi connectivity index (χ0v) is 19.7. The summed E-state index contributed by atoms with van der Waals surface area (Å²) >= 11 is 0. The second kappa shape index (κ2) is 11.7. The largest absolute Gasteiger partial charge is 0.502 e. The molecule has 0 aliphatic heterocycles. The molecule has 8 heteroatoms. The third-order valence-corrected chi connectivity index (χ3v) is 4.35. The summed E-state index contributed by atoms with van der Waals surface area (Å²) < 4.78 is 24.2. The highest BCUT2D eigenvalue weighted by Crippen LogP contribution is 2.37. The molecule has 3 N–H and O–H groups in total. The third-order valence-electron chi connectivity index (χ3n) is 4.35. The topological polar surface area (TPSA) is 75.1 Å². The Bertz CT molecular complexity index is 821. The number of rotatable bonds is 7. The van der Waals surface area contributed by atoms with Crippen LogP contribution < -0.4 is 20.1 Å². The second-order valence-electron chi connectivity index (χ2n) is 6.42. The van der Waals surface area contributed by atoms with E-state index in [1.54, 1.807) is 25.1 Å². The van der Waals surface area contributed by atoms with Crippen LogP contribution in [0.15, 0.2) is 35.3 Å². The van der Waals surface area contributed by atoms with E-state index < -0.39 is 0 Å². The highest BCUT2D eigenvalue weighted by Gasteiger charge is 2.12. The number of halogens is 2. The lowest BCUT2D eigenvalue weighted by atomic mass is 10.1. The van der Waals surface area contributed by atoms with E-state index in [1.165, 1.54) is 20.3 Å². The summed E-state index contributed by atoms with van der Waals surface area (Å²) in [6.45, 7) is 6.69. The number of phenolic OH excluding ortho intramolecular Hbond substituents is 1. The van der Waals surface area contributed by atoms with E-state index >= 15 is 0 Å². The smallest absolute Gasteiger partial charge is 0.200 e. The molecular weight excluding hydrogens is 488 g/mol. The Kier molecular flexibility index (Phi) is 10.0. The highest BCUT2D eigenvalue weighted by atomic mass is 127. The first-order valence-corrected chi connectivity index (χ1v) is 9.14. The van der Waals surface area contributed by atoms with Gasteiger partial charge in [-0.3, -0.25) is 0 Å². The first-order valence-electron chi connectivity index (χ1n) is 9.14. The van der Waals surface area contributed by atoms with Crippen LogP contribution >= 0.6 is 24.0 Å². The van der Waals surface area contributed by atoms with Crippen molar-refractivity contribution in [2.24, 2.45) is 4.99 Å². The lowest BCUT2D eigenvalue weighted by molar-refractivity contribution is 0.339. The minimum atomic E-state index is -0.226. The Morgan fingerprint density at radius 3 is 2.31 bits per heavy atom. The number of benzene rings is 2. The van der Waals surface area contributed by atoms with Gasteiger partial charge in [0, 0.05) is 6.54 Å². The van der Waals surface area contributed by atoms with Crippen molar-refractivity contribution in [2.75, 3.05) is 20.8 Å². The summed E-state index contributed by atoms with van der Waals surface area (Å²) in [5, 5.41) is 16.5. The van der Waals surface area contributed by atoms with Gasteiger partial charge in [0.05, 0.1) is 26.8 Å². The van der Waals surface area contributed by atoms with Crippen molar-refractivity contribution in [2.45, 2.75) is 33.4 Å². The molecule has 1 atom stereocenters. The van der Waals surface area contributed by atoms with Gasteiger partial charge in [-0.1, -0.05) is 12.1 Å². The minimum Gasteiger partial charge on any atom is -0.502 e. The molecule has 0 aliphatic carbocycles. The van der Waals surface area contributed by atoms with Crippen molar-refractivity contribution in [3.63, 3.8) is 0 Å². The van der Waals surface area contributed by atoms with Gasteiger partial charge in [-0.15, -0.1) is 24.0 Å². The number of aromatic hydroxyl groups is 1. The van der Waals surface area contributed by atoms with Gasteiger partial charge in [0.2, 0.25) is 5.75 Å². The SMILES string of the molecule is CCNC(=NCc1cc(OC)c(O)c(OC)c1)NC(C)c1ccc(C)c(F)c1.I. The van der Waals surface area contributed by atoms with E-state index in [0.29, 0.717) is 36.1 Å². The molecule has 0 aromatic heterocycles. The number of phenols is 1. The number of aryl methyl sites for hydroxylation is 1. The molecule has 0 saturated carbocycles. The molecule has 0 bridgehead atoms. The normalized spacial score (nSPS) is 12.0. The van der Waals surface area contributed by atoms with Gasteiger partial charge in [-0.25, -0.2) is 9.38 Å². The van der Waals surface area contributed by atoms with Crippen molar-refractivity contribution in [3.8, 4) is 17.2 Å². The van der Waals surface area contributed by atoms with Crippen LogP contribution in [0.2, 0.25) is 0 Å². The van der Waals surface area contributed by atoms with Crippen LogP contribution in [0.5, 0.6) is 17.2 Å². The van der Waals surface area contributed by atoms with Crippen LogP contribution in [-0.4, -0.2) is 31.8 Å². The van der Waals surface area contributed by atoms with Crippen LogP contribution in [0, 0.1) is 12.7 Å².